The van der Waals surface area contributed by atoms with Gasteiger partial charge in [-0.15, -0.1) is 0 Å². The summed E-state index contributed by atoms with van der Waals surface area (Å²) >= 11 is 5.29. The molecule has 1 aromatic carbocycles. The fourth-order valence-corrected chi connectivity index (χ4v) is 1.94. The number of hydrogen-bond donors (Lipinski definition) is 2. The Morgan fingerprint density at radius 3 is 2.57 bits per heavy atom. The van der Waals surface area contributed by atoms with Gasteiger partial charge in [-0.1, -0.05) is 0 Å². The van der Waals surface area contributed by atoms with Crippen LogP contribution < -0.4 is 20.1 Å². The molecule has 0 unspecified atom stereocenters. The lowest BCUT2D eigenvalue weighted by molar-refractivity contribution is 0.405. The van der Waals surface area contributed by atoms with E-state index in [1.807, 2.05) is 30.3 Å². The molecular weight excluding hydrogens is 286 g/mol. The van der Waals surface area contributed by atoms with Crippen LogP contribution in [0.25, 0.3) is 0 Å². The average Bonchev–Trinajstić information content (AvgIpc) is 2.54. The average molecular weight is 303 g/mol. The second-order valence-corrected chi connectivity index (χ2v) is 4.64. The normalized spacial score (nSPS) is 9.81. The summed E-state index contributed by atoms with van der Waals surface area (Å²) in [5, 5.41) is 6.75. The molecule has 0 aliphatic heterocycles. The Hall–Kier alpha value is -2.34. The predicted molar refractivity (Wildman–Crippen MR) is 86.8 cm³/mol. The van der Waals surface area contributed by atoms with Gasteiger partial charge in [0.2, 0.25) is 0 Å². The zero-order valence-corrected chi connectivity index (χ0v) is 12.7. The molecule has 2 N–H and O–H groups in total. The standard InChI is InChI=1S/C15H17N3O2S/c1-19-12-3-4-14(20-2)13(9-12)18-15(21)17-10-11-5-7-16-8-6-11/h3-9H,10H2,1-2H3,(H2,17,18,21). The third-order valence-corrected chi connectivity index (χ3v) is 3.10. The van der Waals surface area contributed by atoms with E-state index >= 15 is 0 Å². The van der Waals surface area contributed by atoms with E-state index in [1.54, 1.807) is 26.6 Å². The van der Waals surface area contributed by atoms with Crippen LogP contribution in [0, 0.1) is 0 Å². The Bertz CT molecular complexity index is 605. The van der Waals surface area contributed by atoms with Gasteiger partial charge in [-0.05, 0) is 42.0 Å². The Morgan fingerprint density at radius 2 is 1.90 bits per heavy atom. The van der Waals surface area contributed by atoms with Gasteiger partial charge >= 0.3 is 0 Å². The maximum absolute atomic E-state index is 5.29. The molecule has 0 aliphatic rings. The highest BCUT2D eigenvalue weighted by atomic mass is 32.1. The summed E-state index contributed by atoms with van der Waals surface area (Å²) < 4.78 is 10.5. The van der Waals surface area contributed by atoms with E-state index in [9.17, 15) is 0 Å². The molecular formula is C15H17N3O2S. The molecule has 0 aliphatic carbocycles. The van der Waals surface area contributed by atoms with Gasteiger partial charge in [0.15, 0.2) is 5.11 Å². The number of hydrogen-bond acceptors (Lipinski definition) is 4. The number of pyridine rings is 1. The summed E-state index contributed by atoms with van der Waals surface area (Å²) in [6.45, 7) is 0.626. The van der Waals surface area contributed by atoms with Crippen molar-refractivity contribution in [3.8, 4) is 11.5 Å². The molecule has 0 fully saturated rings. The summed E-state index contributed by atoms with van der Waals surface area (Å²) in [6, 6.07) is 9.35. The Morgan fingerprint density at radius 1 is 1.14 bits per heavy atom. The number of methoxy groups -OCH3 is 2. The van der Waals surface area contributed by atoms with E-state index in [2.05, 4.69) is 15.6 Å². The Kier molecular flexibility index (Phi) is 5.34. The van der Waals surface area contributed by atoms with Crippen molar-refractivity contribution in [2.45, 2.75) is 6.54 Å². The first kappa shape index (κ1) is 15.1. The van der Waals surface area contributed by atoms with Crippen molar-refractivity contribution in [1.29, 1.82) is 0 Å². The molecule has 0 saturated heterocycles. The lowest BCUT2D eigenvalue weighted by Crippen LogP contribution is -2.28. The van der Waals surface area contributed by atoms with Gasteiger partial charge in [-0.3, -0.25) is 4.98 Å². The first-order valence-electron chi connectivity index (χ1n) is 6.38. The summed E-state index contributed by atoms with van der Waals surface area (Å²) in [4.78, 5) is 3.98. The molecule has 0 amide bonds. The van der Waals surface area contributed by atoms with Crippen LogP contribution in [0.2, 0.25) is 0 Å². The number of anilines is 1. The van der Waals surface area contributed by atoms with E-state index in [0.29, 0.717) is 17.4 Å². The largest absolute Gasteiger partial charge is 0.497 e. The maximum atomic E-state index is 5.29. The number of nitrogens with zero attached hydrogens (tertiary/aromatic N) is 1. The van der Waals surface area contributed by atoms with Crippen LogP contribution in [-0.4, -0.2) is 24.3 Å². The molecule has 2 rings (SSSR count). The molecule has 0 bridgehead atoms. The lowest BCUT2D eigenvalue weighted by Gasteiger charge is -2.14. The van der Waals surface area contributed by atoms with Gasteiger partial charge in [0.1, 0.15) is 11.5 Å². The summed E-state index contributed by atoms with van der Waals surface area (Å²) in [7, 11) is 3.23. The van der Waals surface area contributed by atoms with Crippen LogP contribution in [0.4, 0.5) is 5.69 Å². The van der Waals surface area contributed by atoms with Crippen molar-refractivity contribution < 1.29 is 9.47 Å². The van der Waals surface area contributed by atoms with Crippen molar-refractivity contribution in [1.82, 2.24) is 10.3 Å². The van der Waals surface area contributed by atoms with E-state index in [4.69, 9.17) is 21.7 Å². The number of nitrogens with one attached hydrogen (secondary N) is 2. The number of ether oxygens (including phenoxy) is 2. The van der Waals surface area contributed by atoms with Gasteiger partial charge in [-0.2, -0.15) is 0 Å². The zero-order valence-electron chi connectivity index (χ0n) is 11.9. The third-order valence-electron chi connectivity index (χ3n) is 2.86. The number of rotatable bonds is 5. The molecule has 0 saturated carbocycles. The summed E-state index contributed by atoms with van der Waals surface area (Å²) in [6.07, 6.45) is 3.50. The Labute approximate surface area is 129 Å². The van der Waals surface area contributed by atoms with E-state index in [1.165, 1.54) is 0 Å². The lowest BCUT2D eigenvalue weighted by atomic mass is 10.2. The quantitative estimate of drug-likeness (QED) is 0.828. The summed E-state index contributed by atoms with van der Waals surface area (Å²) in [5.41, 5.74) is 1.86. The summed E-state index contributed by atoms with van der Waals surface area (Å²) in [5.74, 6) is 1.43. The van der Waals surface area contributed by atoms with Crippen LogP contribution in [0.1, 0.15) is 5.56 Å². The van der Waals surface area contributed by atoms with Crippen LogP contribution in [-0.2, 0) is 6.54 Å². The first-order valence-corrected chi connectivity index (χ1v) is 6.79. The molecule has 5 nitrogen and oxygen atoms in total. The van der Waals surface area contributed by atoms with E-state index in [-0.39, 0.29) is 0 Å². The minimum Gasteiger partial charge on any atom is -0.497 e. The molecule has 1 aromatic heterocycles. The van der Waals surface area contributed by atoms with Crippen molar-refractivity contribution in [3.63, 3.8) is 0 Å². The van der Waals surface area contributed by atoms with Gasteiger partial charge in [0.05, 0.1) is 19.9 Å². The van der Waals surface area contributed by atoms with Crippen molar-refractivity contribution in [2.24, 2.45) is 0 Å². The van der Waals surface area contributed by atoms with Crippen LogP contribution in [0.3, 0.4) is 0 Å². The topological polar surface area (TPSA) is 55.4 Å². The van der Waals surface area contributed by atoms with Crippen molar-refractivity contribution >= 4 is 23.0 Å². The molecule has 21 heavy (non-hydrogen) atoms. The third kappa shape index (κ3) is 4.32. The van der Waals surface area contributed by atoms with Gasteiger partial charge in [0.25, 0.3) is 0 Å². The Balaban J connectivity index is 1.99. The van der Waals surface area contributed by atoms with Crippen molar-refractivity contribution in [3.05, 3.63) is 48.3 Å². The second kappa shape index (κ2) is 7.44. The monoisotopic (exact) mass is 303 g/mol. The smallest absolute Gasteiger partial charge is 0.171 e. The number of thiocarbonyl (C=S) groups is 1. The maximum Gasteiger partial charge on any atom is 0.171 e. The van der Waals surface area contributed by atoms with Gasteiger partial charge < -0.3 is 20.1 Å². The van der Waals surface area contributed by atoms with Crippen LogP contribution in [0.15, 0.2) is 42.7 Å². The highest BCUT2D eigenvalue weighted by Crippen LogP contribution is 2.28. The van der Waals surface area contributed by atoms with Gasteiger partial charge in [-0.25, -0.2) is 0 Å². The fourth-order valence-electron chi connectivity index (χ4n) is 1.76. The van der Waals surface area contributed by atoms with Crippen LogP contribution in [0.5, 0.6) is 11.5 Å². The number of aromatic nitrogens is 1. The van der Waals surface area contributed by atoms with Crippen LogP contribution >= 0.6 is 12.2 Å². The fraction of sp³-hybridized carbons (Fsp3) is 0.200. The molecule has 1 heterocycles. The minimum absolute atomic E-state index is 0.512. The first-order chi connectivity index (χ1) is 10.2. The molecule has 6 heteroatoms. The molecule has 110 valence electrons. The molecule has 0 radical (unpaired) electrons. The predicted octanol–water partition coefficient (Wildman–Crippen LogP) is 2.59. The highest BCUT2D eigenvalue weighted by Gasteiger charge is 2.06. The van der Waals surface area contributed by atoms with Gasteiger partial charge in [0, 0.05) is 25.0 Å². The van der Waals surface area contributed by atoms with Crippen molar-refractivity contribution in [2.75, 3.05) is 19.5 Å². The second-order valence-electron chi connectivity index (χ2n) is 4.23. The minimum atomic E-state index is 0.512. The van der Waals surface area contributed by atoms with E-state index in [0.717, 1.165) is 17.0 Å². The molecule has 0 atom stereocenters. The zero-order chi connectivity index (χ0) is 15.1. The molecule has 2 aromatic rings. The highest BCUT2D eigenvalue weighted by molar-refractivity contribution is 7.80. The van der Waals surface area contributed by atoms with E-state index < -0.39 is 0 Å². The SMILES string of the molecule is COc1ccc(OC)c(NC(=S)NCc2ccncc2)c1. The number of benzene rings is 1. The molecule has 0 spiro atoms.